The van der Waals surface area contributed by atoms with Gasteiger partial charge in [-0.1, -0.05) is 36.4 Å². The number of phenols is 1. The number of imidazole rings is 1. The fraction of sp³-hybridized carbons (Fsp3) is 0.312. The third-order valence-electron chi connectivity index (χ3n) is 8.08. The highest BCUT2D eigenvalue weighted by molar-refractivity contribution is 5.91. The summed E-state index contributed by atoms with van der Waals surface area (Å²) in [5.74, 6) is -1.38. The zero-order valence-electron chi connectivity index (χ0n) is 23.9. The van der Waals surface area contributed by atoms with Crippen LogP contribution in [0.3, 0.4) is 0 Å². The molecule has 3 aromatic carbocycles. The molecule has 218 valence electrons. The molecule has 1 aromatic heterocycles. The van der Waals surface area contributed by atoms with Gasteiger partial charge in [0.05, 0.1) is 29.5 Å². The predicted octanol–water partition coefficient (Wildman–Crippen LogP) is 3.05. The molecular weight excluding hydrogens is 534 g/mol. The van der Waals surface area contributed by atoms with Gasteiger partial charge in [0.15, 0.2) is 0 Å². The minimum Gasteiger partial charge on any atom is -0.508 e. The first kappa shape index (κ1) is 28.8. The Morgan fingerprint density at radius 3 is 2.36 bits per heavy atom. The number of carboxylic acids is 1. The number of nitrogens with two attached hydrogens (primary N) is 1. The smallest absolute Gasteiger partial charge is 0.305 e. The Kier molecular flexibility index (Phi) is 8.00. The SMILES string of the molecule is Cc1cc(O)cc(C)c1C[C@H](N)C(=O)N1Cc2ccccc2C[C@@H]1C(=O)N[C@H](CC(=O)O)c1nc2ccccc2n1C. The zero-order valence-corrected chi connectivity index (χ0v) is 23.9. The molecule has 0 bridgehead atoms. The van der Waals surface area contributed by atoms with E-state index in [9.17, 15) is 24.6 Å². The Hall–Kier alpha value is -4.70. The Bertz CT molecular complexity index is 1660. The van der Waals surface area contributed by atoms with Gasteiger partial charge in [0, 0.05) is 20.0 Å². The lowest BCUT2D eigenvalue weighted by Crippen LogP contribution is -2.57. The minimum atomic E-state index is -1.09. The first-order valence-electron chi connectivity index (χ1n) is 13.9. The lowest BCUT2D eigenvalue weighted by Gasteiger charge is -2.38. The van der Waals surface area contributed by atoms with Crippen LogP contribution in [0.2, 0.25) is 0 Å². The summed E-state index contributed by atoms with van der Waals surface area (Å²) in [6, 6.07) is 15.6. The quantitative estimate of drug-likeness (QED) is 0.255. The summed E-state index contributed by atoms with van der Waals surface area (Å²) in [5, 5.41) is 22.5. The average Bonchev–Trinajstić information content (AvgIpc) is 3.29. The monoisotopic (exact) mass is 569 g/mol. The van der Waals surface area contributed by atoms with E-state index in [1.54, 1.807) is 23.7 Å². The lowest BCUT2D eigenvalue weighted by molar-refractivity contribution is -0.144. The number of aliphatic carboxylic acids is 1. The van der Waals surface area contributed by atoms with Crippen molar-refractivity contribution in [1.29, 1.82) is 0 Å². The number of amides is 2. The van der Waals surface area contributed by atoms with E-state index in [0.717, 1.165) is 33.3 Å². The largest absolute Gasteiger partial charge is 0.508 e. The van der Waals surface area contributed by atoms with E-state index < -0.39 is 30.0 Å². The predicted molar refractivity (Wildman–Crippen MR) is 158 cm³/mol. The maximum atomic E-state index is 13.9. The molecule has 1 aliphatic heterocycles. The van der Waals surface area contributed by atoms with Crippen molar-refractivity contribution in [3.05, 3.63) is 94.3 Å². The molecule has 0 radical (unpaired) electrons. The van der Waals surface area contributed by atoms with Crippen molar-refractivity contribution in [2.75, 3.05) is 0 Å². The maximum absolute atomic E-state index is 13.9. The van der Waals surface area contributed by atoms with Crippen LogP contribution < -0.4 is 11.1 Å². The number of carbonyl (C=O) groups excluding carboxylic acids is 2. The first-order valence-corrected chi connectivity index (χ1v) is 13.9. The average molecular weight is 570 g/mol. The maximum Gasteiger partial charge on any atom is 0.305 e. The fourth-order valence-electron chi connectivity index (χ4n) is 5.93. The van der Waals surface area contributed by atoms with Gasteiger partial charge < -0.3 is 30.7 Å². The second-order valence-corrected chi connectivity index (χ2v) is 11.0. The van der Waals surface area contributed by atoms with Crippen molar-refractivity contribution in [2.24, 2.45) is 12.8 Å². The molecule has 2 amide bonds. The Morgan fingerprint density at radius 2 is 1.69 bits per heavy atom. The topological polar surface area (TPSA) is 151 Å². The number of fused-ring (bicyclic) bond motifs is 2. The highest BCUT2D eigenvalue weighted by Gasteiger charge is 2.38. The Morgan fingerprint density at radius 1 is 1.05 bits per heavy atom. The molecule has 3 atom stereocenters. The van der Waals surface area contributed by atoms with Crippen molar-refractivity contribution in [1.82, 2.24) is 19.8 Å². The molecule has 42 heavy (non-hydrogen) atoms. The fourth-order valence-corrected chi connectivity index (χ4v) is 5.93. The number of para-hydroxylation sites is 2. The van der Waals surface area contributed by atoms with Crippen LogP contribution in [0, 0.1) is 13.8 Å². The van der Waals surface area contributed by atoms with E-state index in [4.69, 9.17) is 5.73 Å². The van der Waals surface area contributed by atoms with Crippen LogP contribution in [0.1, 0.15) is 46.1 Å². The number of carbonyl (C=O) groups is 3. The summed E-state index contributed by atoms with van der Waals surface area (Å²) >= 11 is 0. The summed E-state index contributed by atoms with van der Waals surface area (Å²) in [6.07, 6.45) is 0.129. The molecule has 5 rings (SSSR count). The minimum absolute atomic E-state index is 0.148. The Labute approximate surface area is 243 Å². The molecular formula is C32H35N5O5. The zero-order chi connectivity index (χ0) is 30.1. The highest BCUT2D eigenvalue weighted by Crippen LogP contribution is 2.28. The molecule has 0 spiro atoms. The lowest BCUT2D eigenvalue weighted by atomic mass is 9.91. The normalized spacial score (nSPS) is 16.1. The van der Waals surface area contributed by atoms with Gasteiger partial charge in [-0.2, -0.15) is 0 Å². The summed E-state index contributed by atoms with van der Waals surface area (Å²) in [6.45, 7) is 3.91. The summed E-state index contributed by atoms with van der Waals surface area (Å²) in [7, 11) is 1.78. The number of carboxylic acid groups (broad SMARTS) is 1. The number of benzene rings is 3. The van der Waals surface area contributed by atoms with Gasteiger partial charge in [0.25, 0.3) is 0 Å². The van der Waals surface area contributed by atoms with Crippen LogP contribution in [0.4, 0.5) is 0 Å². The number of aromatic nitrogens is 2. The van der Waals surface area contributed by atoms with Crippen molar-refractivity contribution < 1.29 is 24.6 Å². The van der Waals surface area contributed by atoms with Crippen molar-refractivity contribution >= 4 is 28.8 Å². The molecule has 5 N–H and O–H groups in total. The van der Waals surface area contributed by atoms with E-state index in [-0.39, 0.29) is 37.5 Å². The van der Waals surface area contributed by atoms with E-state index in [1.165, 1.54) is 4.90 Å². The number of hydrogen-bond acceptors (Lipinski definition) is 6. The molecule has 2 heterocycles. The second-order valence-electron chi connectivity index (χ2n) is 11.0. The third-order valence-corrected chi connectivity index (χ3v) is 8.08. The summed E-state index contributed by atoms with van der Waals surface area (Å²) < 4.78 is 1.78. The van der Waals surface area contributed by atoms with Crippen LogP contribution in [-0.4, -0.2) is 54.5 Å². The number of nitrogens with one attached hydrogen (secondary N) is 1. The molecule has 0 unspecified atom stereocenters. The van der Waals surface area contributed by atoms with Crippen molar-refractivity contribution in [3.63, 3.8) is 0 Å². The number of phenolic OH excluding ortho intramolecular Hbond substituents is 1. The molecule has 0 fully saturated rings. The molecule has 10 heteroatoms. The third kappa shape index (κ3) is 5.71. The number of aromatic hydroxyl groups is 1. The summed E-state index contributed by atoms with van der Waals surface area (Å²) in [4.78, 5) is 45.8. The van der Waals surface area contributed by atoms with Gasteiger partial charge in [-0.05, 0) is 72.4 Å². The van der Waals surface area contributed by atoms with Gasteiger partial charge in [0.1, 0.15) is 17.6 Å². The van der Waals surface area contributed by atoms with Gasteiger partial charge in [-0.15, -0.1) is 0 Å². The summed E-state index contributed by atoms with van der Waals surface area (Å²) in [5.41, 5.74) is 12.4. The van der Waals surface area contributed by atoms with Crippen LogP contribution in [0.25, 0.3) is 11.0 Å². The standard InChI is InChI=1S/C32H35N5O5/c1-18-12-22(38)13-19(2)23(18)15-24(33)32(42)37-17-21-9-5-4-8-20(21)14-28(37)31(41)35-26(16-29(39)40)30-34-25-10-6-7-11-27(25)36(30)3/h4-13,24,26,28,38H,14-17,33H2,1-3H3,(H,35,41)(H,39,40)/t24-,26+,28+/m0/s1. The first-order chi connectivity index (χ1) is 20.0. The molecule has 1 aliphatic rings. The number of aryl methyl sites for hydroxylation is 3. The van der Waals surface area contributed by atoms with E-state index in [2.05, 4.69) is 10.3 Å². The van der Waals surface area contributed by atoms with Gasteiger partial charge in [-0.25, -0.2) is 4.98 Å². The van der Waals surface area contributed by atoms with E-state index in [0.29, 0.717) is 11.3 Å². The number of nitrogens with zero attached hydrogens (tertiary/aromatic N) is 3. The van der Waals surface area contributed by atoms with Crippen molar-refractivity contribution in [2.45, 2.75) is 57.8 Å². The highest BCUT2D eigenvalue weighted by atomic mass is 16.4. The molecule has 0 aliphatic carbocycles. The van der Waals surface area contributed by atoms with Crippen molar-refractivity contribution in [3.8, 4) is 5.75 Å². The molecule has 10 nitrogen and oxygen atoms in total. The second kappa shape index (κ2) is 11.7. The van der Waals surface area contributed by atoms with Gasteiger partial charge in [-0.3, -0.25) is 14.4 Å². The van der Waals surface area contributed by atoms with Gasteiger partial charge in [0.2, 0.25) is 11.8 Å². The van der Waals surface area contributed by atoms with E-state index in [1.807, 2.05) is 62.4 Å². The van der Waals surface area contributed by atoms with Crippen LogP contribution in [0.15, 0.2) is 60.7 Å². The van der Waals surface area contributed by atoms with Crippen LogP contribution in [-0.2, 0) is 40.8 Å². The van der Waals surface area contributed by atoms with E-state index >= 15 is 0 Å². The van der Waals surface area contributed by atoms with Crippen LogP contribution >= 0.6 is 0 Å². The molecule has 0 saturated heterocycles. The number of hydrogen-bond donors (Lipinski definition) is 4. The molecule has 0 saturated carbocycles. The number of rotatable bonds is 8. The Balaban J connectivity index is 1.44. The van der Waals surface area contributed by atoms with Crippen LogP contribution in [0.5, 0.6) is 5.75 Å². The van der Waals surface area contributed by atoms with Gasteiger partial charge >= 0.3 is 5.97 Å². The molecule has 4 aromatic rings.